The number of aromatic nitrogens is 1. The first-order valence-corrected chi connectivity index (χ1v) is 5.48. The van der Waals surface area contributed by atoms with Gasteiger partial charge >= 0.3 is 0 Å². The summed E-state index contributed by atoms with van der Waals surface area (Å²) in [5.41, 5.74) is 1.71. The van der Waals surface area contributed by atoms with Gasteiger partial charge in [0.05, 0.1) is 0 Å². The van der Waals surface area contributed by atoms with Crippen LogP contribution in [0.25, 0.3) is 11.1 Å². The maximum absolute atomic E-state index is 5.52. The Morgan fingerprint density at radius 2 is 2.19 bits per heavy atom. The monoisotopic (exact) mass is 220 g/mol. The molecule has 0 saturated carbocycles. The van der Waals surface area contributed by atoms with E-state index in [1.807, 2.05) is 24.3 Å². The molecule has 0 unspecified atom stereocenters. The Hall–Kier alpha value is -1.55. The molecule has 1 aromatic carbocycles. The summed E-state index contributed by atoms with van der Waals surface area (Å²) >= 11 is 0. The van der Waals surface area contributed by atoms with Crippen LogP contribution in [0.4, 0.5) is 6.01 Å². The number of oxazole rings is 1. The predicted octanol–water partition coefficient (Wildman–Crippen LogP) is 2.67. The molecule has 0 aliphatic carbocycles. The van der Waals surface area contributed by atoms with Crippen molar-refractivity contribution in [2.24, 2.45) is 0 Å². The number of benzene rings is 1. The Balaban J connectivity index is 1.85. The zero-order valence-electron chi connectivity index (χ0n) is 9.40. The van der Waals surface area contributed by atoms with E-state index < -0.39 is 0 Å². The number of unbranched alkanes of at least 4 members (excludes halogenated alkanes) is 1. The molecule has 2 aromatic rings. The second-order valence-corrected chi connectivity index (χ2v) is 3.61. The van der Waals surface area contributed by atoms with Gasteiger partial charge in [0, 0.05) is 20.3 Å². The summed E-state index contributed by atoms with van der Waals surface area (Å²) in [4.78, 5) is 4.32. The average Bonchev–Trinajstić information content (AvgIpc) is 2.71. The molecule has 0 amide bonds. The molecule has 0 spiro atoms. The Morgan fingerprint density at radius 3 is 3.00 bits per heavy atom. The van der Waals surface area contributed by atoms with E-state index in [2.05, 4.69) is 10.3 Å². The fraction of sp³-hybridized carbons (Fsp3) is 0.417. The lowest BCUT2D eigenvalue weighted by Crippen LogP contribution is -2.02. The molecule has 0 atom stereocenters. The molecule has 4 heteroatoms. The highest BCUT2D eigenvalue weighted by Gasteiger charge is 2.02. The molecule has 0 saturated heterocycles. The van der Waals surface area contributed by atoms with Crippen molar-refractivity contribution in [3.63, 3.8) is 0 Å². The van der Waals surface area contributed by atoms with Gasteiger partial charge in [-0.2, -0.15) is 4.98 Å². The number of fused-ring (bicyclic) bond motifs is 1. The molecular weight excluding hydrogens is 204 g/mol. The maximum atomic E-state index is 5.52. The molecule has 0 fully saturated rings. The molecule has 4 nitrogen and oxygen atoms in total. The van der Waals surface area contributed by atoms with Crippen LogP contribution in [0, 0.1) is 0 Å². The second kappa shape index (κ2) is 5.51. The van der Waals surface area contributed by atoms with Gasteiger partial charge in [0.1, 0.15) is 5.52 Å². The molecule has 1 heterocycles. The van der Waals surface area contributed by atoms with E-state index in [1.54, 1.807) is 7.11 Å². The third-order valence-electron chi connectivity index (χ3n) is 2.35. The van der Waals surface area contributed by atoms with Crippen molar-refractivity contribution in [1.29, 1.82) is 0 Å². The molecule has 86 valence electrons. The van der Waals surface area contributed by atoms with Gasteiger partial charge < -0.3 is 14.5 Å². The van der Waals surface area contributed by atoms with Gasteiger partial charge in [-0.05, 0) is 25.0 Å². The molecule has 1 N–H and O–H groups in total. The summed E-state index contributed by atoms with van der Waals surface area (Å²) in [6, 6.07) is 8.34. The molecular formula is C12H16N2O2. The van der Waals surface area contributed by atoms with Crippen LogP contribution in [0.15, 0.2) is 28.7 Å². The lowest BCUT2D eigenvalue weighted by molar-refractivity contribution is 0.193. The fourth-order valence-electron chi connectivity index (χ4n) is 1.51. The first kappa shape index (κ1) is 11.0. The van der Waals surface area contributed by atoms with Crippen molar-refractivity contribution in [3.8, 4) is 0 Å². The van der Waals surface area contributed by atoms with Crippen LogP contribution < -0.4 is 5.32 Å². The number of nitrogens with zero attached hydrogens (tertiary/aromatic N) is 1. The summed E-state index contributed by atoms with van der Waals surface area (Å²) in [6.07, 6.45) is 2.09. The molecule has 0 aliphatic heterocycles. The number of hydrogen-bond donors (Lipinski definition) is 1. The van der Waals surface area contributed by atoms with Gasteiger partial charge in [0.15, 0.2) is 5.58 Å². The summed E-state index contributed by atoms with van der Waals surface area (Å²) in [7, 11) is 1.72. The van der Waals surface area contributed by atoms with E-state index in [-0.39, 0.29) is 0 Å². The lowest BCUT2D eigenvalue weighted by Gasteiger charge is -2.00. The number of rotatable bonds is 6. The SMILES string of the molecule is COCCCCNc1nc2ccccc2o1. The highest BCUT2D eigenvalue weighted by atomic mass is 16.5. The Labute approximate surface area is 94.6 Å². The van der Waals surface area contributed by atoms with E-state index in [9.17, 15) is 0 Å². The number of methoxy groups -OCH3 is 1. The van der Waals surface area contributed by atoms with E-state index >= 15 is 0 Å². The van der Waals surface area contributed by atoms with E-state index in [4.69, 9.17) is 9.15 Å². The largest absolute Gasteiger partial charge is 0.424 e. The highest BCUT2D eigenvalue weighted by molar-refractivity contribution is 5.74. The molecule has 0 aliphatic rings. The Kier molecular flexibility index (Phi) is 3.77. The summed E-state index contributed by atoms with van der Waals surface area (Å²) in [5, 5.41) is 3.16. The second-order valence-electron chi connectivity index (χ2n) is 3.61. The Bertz CT molecular complexity index is 406. The van der Waals surface area contributed by atoms with Crippen molar-refractivity contribution < 1.29 is 9.15 Å². The van der Waals surface area contributed by atoms with Gasteiger partial charge in [-0.1, -0.05) is 12.1 Å². The van der Waals surface area contributed by atoms with Crippen LogP contribution in [-0.2, 0) is 4.74 Å². The molecule has 0 bridgehead atoms. The molecule has 1 aromatic heterocycles. The number of nitrogens with one attached hydrogen (secondary N) is 1. The summed E-state index contributed by atoms with van der Waals surface area (Å²) in [6.45, 7) is 1.66. The summed E-state index contributed by atoms with van der Waals surface area (Å²) in [5.74, 6) is 0. The van der Waals surface area contributed by atoms with Crippen molar-refractivity contribution >= 4 is 17.1 Å². The van der Waals surface area contributed by atoms with Gasteiger partial charge in [0.25, 0.3) is 6.01 Å². The van der Waals surface area contributed by atoms with Gasteiger partial charge in [-0.3, -0.25) is 0 Å². The Morgan fingerprint density at radius 1 is 1.31 bits per heavy atom. The maximum Gasteiger partial charge on any atom is 0.295 e. The predicted molar refractivity (Wildman–Crippen MR) is 63.6 cm³/mol. The van der Waals surface area contributed by atoms with Gasteiger partial charge in [-0.25, -0.2) is 0 Å². The van der Waals surface area contributed by atoms with Crippen molar-refractivity contribution in [2.75, 3.05) is 25.6 Å². The van der Waals surface area contributed by atoms with Crippen LogP contribution in [0.1, 0.15) is 12.8 Å². The normalized spacial score (nSPS) is 10.8. The van der Waals surface area contributed by atoms with Crippen LogP contribution in [0.5, 0.6) is 0 Å². The standard InChI is InChI=1S/C12H16N2O2/c1-15-9-5-4-8-13-12-14-10-6-2-3-7-11(10)16-12/h2-3,6-7H,4-5,8-9H2,1H3,(H,13,14). The minimum absolute atomic E-state index is 0.596. The average molecular weight is 220 g/mol. The highest BCUT2D eigenvalue weighted by Crippen LogP contribution is 2.17. The topological polar surface area (TPSA) is 47.3 Å². The van der Waals surface area contributed by atoms with E-state index in [0.29, 0.717) is 6.01 Å². The van der Waals surface area contributed by atoms with Crippen molar-refractivity contribution in [2.45, 2.75) is 12.8 Å². The third kappa shape index (κ3) is 2.73. The summed E-state index contributed by atoms with van der Waals surface area (Å²) < 4.78 is 10.5. The van der Waals surface area contributed by atoms with Gasteiger partial charge in [-0.15, -0.1) is 0 Å². The first-order valence-electron chi connectivity index (χ1n) is 5.48. The minimum Gasteiger partial charge on any atom is -0.424 e. The first-order chi connectivity index (χ1) is 7.90. The molecule has 2 rings (SSSR count). The van der Waals surface area contributed by atoms with Gasteiger partial charge in [0.2, 0.25) is 0 Å². The van der Waals surface area contributed by atoms with Crippen molar-refractivity contribution in [3.05, 3.63) is 24.3 Å². The zero-order chi connectivity index (χ0) is 11.2. The van der Waals surface area contributed by atoms with Crippen LogP contribution in [0.2, 0.25) is 0 Å². The van der Waals surface area contributed by atoms with Crippen molar-refractivity contribution in [1.82, 2.24) is 4.98 Å². The number of para-hydroxylation sites is 2. The van der Waals surface area contributed by atoms with E-state index in [1.165, 1.54) is 0 Å². The minimum atomic E-state index is 0.596. The lowest BCUT2D eigenvalue weighted by atomic mass is 10.3. The number of hydrogen-bond acceptors (Lipinski definition) is 4. The zero-order valence-corrected chi connectivity index (χ0v) is 9.40. The van der Waals surface area contributed by atoms with Crippen LogP contribution >= 0.6 is 0 Å². The van der Waals surface area contributed by atoms with E-state index in [0.717, 1.165) is 37.1 Å². The third-order valence-corrected chi connectivity index (χ3v) is 2.35. The smallest absolute Gasteiger partial charge is 0.295 e. The molecule has 0 radical (unpaired) electrons. The quantitative estimate of drug-likeness (QED) is 0.760. The fourth-order valence-corrected chi connectivity index (χ4v) is 1.51. The number of anilines is 1. The number of ether oxygens (including phenoxy) is 1. The van der Waals surface area contributed by atoms with Crippen LogP contribution in [0.3, 0.4) is 0 Å². The van der Waals surface area contributed by atoms with Crippen LogP contribution in [-0.4, -0.2) is 25.2 Å². The molecule has 16 heavy (non-hydrogen) atoms.